The lowest BCUT2D eigenvalue weighted by molar-refractivity contribution is 0.475. The first-order chi connectivity index (χ1) is 7.56. The third-order valence-corrected chi connectivity index (χ3v) is 2.81. The largest absolute Gasteiger partial charge is 0.508 e. The molecule has 2 aromatic carbocycles. The van der Waals surface area contributed by atoms with Crippen LogP contribution in [-0.2, 0) is 0 Å². The van der Waals surface area contributed by atoms with Crippen LogP contribution in [0.2, 0.25) is 5.02 Å². The normalized spacial score (nSPS) is 10.4. The van der Waals surface area contributed by atoms with Crippen molar-refractivity contribution in [1.29, 1.82) is 0 Å². The second-order valence-electron chi connectivity index (χ2n) is 4.02. The highest BCUT2D eigenvalue weighted by Gasteiger charge is 2.04. The molecule has 0 spiro atoms. The fourth-order valence-electron chi connectivity index (χ4n) is 1.82. The third kappa shape index (κ3) is 2.20. The average molecular weight is 233 g/mol. The summed E-state index contributed by atoms with van der Waals surface area (Å²) in [7, 11) is 0. The zero-order valence-electron chi connectivity index (χ0n) is 9.29. The van der Waals surface area contributed by atoms with Crippen molar-refractivity contribution in [3.63, 3.8) is 0 Å². The summed E-state index contributed by atoms with van der Waals surface area (Å²) in [6.07, 6.45) is 0. The first-order valence-electron chi connectivity index (χ1n) is 5.13. The van der Waals surface area contributed by atoms with E-state index in [-0.39, 0.29) is 5.75 Å². The zero-order chi connectivity index (χ0) is 11.7. The van der Waals surface area contributed by atoms with Crippen LogP contribution in [0.5, 0.6) is 5.75 Å². The van der Waals surface area contributed by atoms with E-state index in [9.17, 15) is 5.11 Å². The number of benzene rings is 2. The van der Waals surface area contributed by atoms with Gasteiger partial charge in [0.15, 0.2) is 0 Å². The van der Waals surface area contributed by atoms with Crippen LogP contribution in [0.15, 0.2) is 36.4 Å². The van der Waals surface area contributed by atoms with Gasteiger partial charge in [0.25, 0.3) is 0 Å². The van der Waals surface area contributed by atoms with E-state index in [0.29, 0.717) is 5.02 Å². The van der Waals surface area contributed by atoms with Crippen LogP contribution < -0.4 is 0 Å². The summed E-state index contributed by atoms with van der Waals surface area (Å²) in [5.74, 6) is 0.286. The molecule has 0 saturated heterocycles. The Bertz CT molecular complexity index is 512. The summed E-state index contributed by atoms with van der Waals surface area (Å²) in [5, 5.41) is 10.3. The van der Waals surface area contributed by atoms with Gasteiger partial charge in [-0.3, -0.25) is 0 Å². The molecule has 2 rings (SSSR count). The molecule has 1 N–H and O–H groups in total. The Balaban J connectivity index is 2.62. The predicted molar refractivity (Wildman–Crippen MR) is 68.0 cm³/mol. The number of phenolic OH excluding ortho intramolecular Hbond substituents is 1. The topological polar surface area (TPSA) is 20.2 Å². The van der Waals surface area contributed by atoms with E-state index < -0.39 is 0 Å². The van der Waals surface area contributed by atoms with Gasteiger partial charge in [-0.1, -0.05) is 23.7 Å². The van der Waals surface area contributed by atoms with Crippen LogP contribution >= 0.6 is 11.6 Å². The lowest BCUT2D eigenvalue weighted by Crippen LogP contribution is -1.84. The Morgan fingerprint density at radius 2 is 1.75 bits per heavy atom. The number of hydrogen-bond donors (Lipinski definition) is 1. The van der Waals surface area contributed by atoms with Gasteiger partial charge in [-0.2, -0.15) is 0 Å². The predicted octanol–water partition coefficient (Wildman–Crippen LogP) is 4.33. The number of aryl methyl sites for hydroxylation is 2. The Morgan fingerprint density at radius 1 is 1.00 bits per heavy atom. The van der Waals surface area contributed by atoms with Gasteiger partial charge in [-0.25, -0.2) is 0 Å². The average Bonchev–Trinajstić information content (AvgIpc) is 2.20. The summed E-state index contributed by atoms with van der Waals surface area (Å²) in [5.41, 5.74) is 4.24. The number of phenols is 1. The van der Waals surface area contributed by atoms with Gasteiger partial charge in [-0.15, -0.1) is 0 Å². The number of hydrogen-bond acceptors (Lipinski definition) is 1. The van der Waals surface area contributed by atoms with Crippen molar-refractivity contribution >= 4 is 11.6 Å². The van der Waals surface area contributed by atoms with Crippen LogP contribution in [0.4, 0.5) is 0 Å². The number of rotatable bonds is 1. The van der Waals surface area contributed by atoms with Gasteiger partial charge in [0.1, 0.15) is 5.75 Å². The minimum atomic E-state index is 0.286. The van der Waals surface area contributed by atoms with E-state index in [1.807, 2.05) is 38.1 Å². The van der Waals surface area contributed by atoms with Crippen LogP contribution in [0.25, 0.3) is 11.1 Å². The van der Waals surface area contributed by atoms with Crippen molar-refractivity contribution in [2.45, 2.75) is 13.8 Å². The molecule has 0 saturated carbocycles. The van der Waals surface area contributed by atoms with Crippen molar-refractivity contribution in [3.05, 3.63) is 52.5 Å². The maximum Gasteiger partial charge on any atom is 0.116 e. The van der Waals surface area contributed by atoms with E-state index in [2.05, 4.69) is 0 Å². The molecule has 0 fully saturated rings. The molecule has 0 heterocycles. The molecule has 16 heavy (non-hydrogen) atoms. The lowest BCUT2D eigenvalue weighted by atomic mass is 9.99. The molecule has 2 heteroatoms. The Hall–Kier alpha value is -1.47. The second kappa shape index (κ2) is 4.18. The quantitative estimate of drug-likeness (QED) is 0.776. The molecule has 0 atom stereocenters. The van der Waals surface area contributed by atoms with Crippen molar-refractivity contribution in [3.8, 4) is 16.9 Å². The van der Waals surface area contributed by atoms with Gasteiger partial charge < -0.3 is 5.11 Å². The van der Waals surface area contributed by atoms with E-state index >= 15 is 0 Å². The molecule has 0 radical (unpaired) electrons. The Morgan fingerprint density at radius 3 is 2.44 bits per heavy atom. The smallest absolute Gasteiger partial charge is 0.116 e. The highest BCUT2D eigenvalue weighted by molar-refractivity contribution is 6.30. The van der Waals surface area contributed by atoms with Crippen molar-refractivity contribution in [2.75, 3.05) is 0 Å². The first-order valence-corrected chi connectivity index (χ1v) is 5.51. The fraction of sp³-hybridized carbons (Fsp3) is 0.143. The summed E-state index contributed by atoms with van der Waals surface area (Å²) >= 11 is 5.98. The SMILES string of the molecule is Cc1cc(O)cc(-c2cc(Cl)ccc2C)c1. The van der Waals surface area contributed by atoms with E-state index in [1.54, 1.807) is 12.1 Å². The second-order valence-corrected chi connectivity index (χ2v) is 4.45. The fourth-order valence-corrected chi connectivity index (χ4v) is 2.00. The Labute approximate surface area is 100 Å². The van der Waals surface area contributed by atoms with Gasteiger partial charge in [0.05, 0.1) is 0 Å². The van der Waals surface area contributed by atoms with Crippen LogP contribution in [0.1, 0.15) is 11.1 Å². The van der Waals surface area contributed by atoms with E-state index in [0.717, 1.165) is 22.3 Å². The van der Waals surface area contributed by atoms with Crippen LogP contribution in [0, 0.1) is 13.8 Å². The minimum absolute atomic E-state index is 0.286. The van der Waals surface area contributed by atoms with Crippen molar-refractivity contribution in [2.24, 2.45) is 0 Å². The van der Waals surface area contributed by atoms with Gasteiger partial charge in [0.2, 0.25) is 0 Å². The monoisotopic (exact) mass is 232 g/mol. The minimum Gasteiger partial charge on any atom is -0.508 e. The molecule has 82 valence electrons. The maximum atomic E-state index is 9.58. The molecule has 0 amide bonds. The van der Waals surface area contributed by atoms with Crippen LogP contribution in [0.3, 0.4) is 0 Å². The molecule has 0 aliphatic carbocycles. The molecule has 0 unspecified atom stereocenters. The molecular weight excluding hydrogens is 220 g/mol. The van der Waals surface area contributed by atoms with Crippen molar-refractivity contribution < 1.29 is 5.11 Å². The highest BCUT2D eigenvalue weighted by atomic mass is 35.5. The number of halogens is 1. The summed E-state index contributed by atoms with van der Waals surface area (Å²) in [4.78, 5) is 0. The lowest BCUT2D eigenvalue weighted by Gasteiger charge is -2.08. The first kappa shape index (κ1) is 11.0. The van der Waals surface area contributed by atoms with Gasteiger partial charge in [0, 0.05) is 5.02 Å². The molecule has 0 aliphatic rings. The summed E-state index contributed by atoms with van der Waals surface area (Å²) < 4.78 is 0. The van der Waals surface area contributed by atoms with E-state index in [4.69, 9.17) is 11.6 Å². The molecule has 0 aromatic heterocycles. The maximum absolute atomic E-state index is 9.58. The molecule has 1 nitrogen and oxygen atoms in total. The Kier molecular flexibility index (Phi) is 2.88. The number of aromatic hydroxyl groups is 1. The molecule has 0 bridgehead atoms. The molecule has 2 aromatic rings. The highest BCUT2D eigenvalue weighted by Crippen LogP contribution is 2.29. The third-order valence-electron chi connectivity index (χ3n) is 2.57. The van der Waals surface area contributed by atoms with E-state index in [1.165, 1.54) is 0 Å². The van der Waals surface area contributed by atoms with Gasteiger partial charge >= 0.3 is 0 Å². The molecular formula is C14H13ClO. The standard InChI is InChI=1S/C14H13ClO/c1-9-5-11(7-13(16)6-9)14-8-12(15)4-3-10(14)2/h3-8,16H,1-2H3. The zero-order valence-corrected chi connectivity index (χ0v) is 10.0. The molecule has 0 aliphatic heterocycles. The van der Waals surface area contributed by atoms with Gasteiger partial charge in [-0.05, 0) is 60.4 Å². The summed E-state index contributed by atoms with van der Waals surface area (Å²) in [6.45, 7) is 3.99. The van der Waals surface area contributed by atoms with Crippen LogP contribution in [-0.4, -0.2) is 5.11 Å². The summed E-state index contributed by atoms with van der Waals surface area (Å²) in [6, 6.07) is 11.3. The van der Waals surface area contributed by atoms with Crippen molar-refractivity contribution in [1.82, 2.24) is 0 Å².